The van der Waals surface area contributed by atoms with E-state index in [9.17, 15) is 4.39 Å². The van der Waals surface area contributed by atoms with Gasteiger partial charge in [-0.15, -0.1) is 0 Å². The summed E-state index contributed by atoms with van der Waals surface area (Å²) in [6.07, 6.45) is 1.62. The van der Waals surface area contributed by atoms with Crippen molar-refractivity contribution in [3.05, 3.63) is 83.8 Å². The number of hydrogen-bond donors (Lipinski definition) is 3. The van der Waals surface area contributed by atoms with Gasteiger partial charge in [0.25, 0.3) is 0 Å². The van der Waals surface area contributed by atoms with Crippen LogP contribution in [0.15, 0.2) is 72.9 Å². The first kappa shape index (κ1) is 24.0. The molecular formula is C27H24ClFN5OP. The molecule has 182 valence electrons. The van der Waals surface area contributed by atoms with Crippen LogP contribution in [0.2, 0.25) is 5.02 Å². The number of pyridine rings is 1. The smallest absolute Gasteiger partial charge is 0.165 e. The van der Waals surface area contributed by atoms with Crippen molar-refractivity contribution in [2.45, 2.75) is 0 Å². The summed E-state index contributed by atoms with van der Waals surface area (Å²) in [5, 5.41) is 16.9. The van der Waals surface area contributed by atoms with Gasteiger partial charge >= 0.3 is 0 Å². The predicted octanol–water partition coefficient (Wildman–Crippen LogP) is 7.28. The number of nitrogens with zero attached hydrogens (tertiary/aromatic N) is 2. The number of hydrogen-bond acceptors (Lipinski definition) is 5. The average Bonchev–Trinajstić information content (AvgIpc) is 3.29. The van der Waals surface area contributed by atoms with Crippen LogP contribution in [0, 0.1) is 5.82 Å². The van der Waals surface area contributed by atoms with Gasteiger partial charge in [-0.05, 0) is 61.1 Å². The summed E-state index contributed by atoms with van der Waals surface area (Å²) in [6.45, 7) is 4.44. The number of nitrogens with one attached hydrogen (secondary N) is 3. The Morgan fingerprint density at radius 1 is 0.972 bits per heavy atom. The van der Waals surface area contributed by atoms with Gasteiger partial charge in [-0.2, -0.15) is 5.10 Å². The number of anilines is 4. The minimum Gasteiger partial charge on any atom is -0.494 e. The molecule has 0 saturated heterocycles. The van der Waals surface area contributed by atoms with Gasteiger partial charge in [0.2, 0.25) is 0 Å². The summed E-state index contributed by atoms with van der Waals surface area (Å²) in [4.78, 5) is 4.45. The van der Waals surface area contributed by atoms with Crippen LogP contribution in [0.4, 0.5) is 27.3 Å². The number of benzene rings is 3. The molecule has 0 saturated carbocycles. The largest absolute Gasteiger partial charge is 0.494 e. The zero-order valence-corrected chi connectivity index (χ0v) is 21.6. The Hall–Kier alpha value is -3.67. The molecule has 0 unspecified atom stereocenters. The van der Waals surface area contributed by atoms with E-state index in [4.69, 9.17) is 16.3 Å². The number of fused-ring (bicyclic) bond motifs is 1. The van der Waals surface area contributed by atoms with Gasteiger partial charge in [0.15, 0.2) is 11.6 Å². The Kier molecular flexibility index (Phi) is 6.77. The van der Waals surface area contributed by atoms with E-state index in [2.05, 4.69) is 51.3 Å². The standard InChI is InChI=1S/C27H24ClFN5OP/c1-35-24-11-8-16(12-20(24)29)27-18-13-17(9-10-21(18)33-34-27)31-26-14-23(19(28)15-30-26)32-22-6-4-5-7-25(22)36(2)3/h4-15H,1-3H3,(H,33,34)(H2,30,31,32). The lowest BCUT2D eigenvalue weighted by Crippen LogP contribution is -2.07. The van der Waals surface area contributed by atoms with E-state index in [-0.39, 0.29) is 13.7 Å². The second-order valence-electron chi connectivity index (χ2n) is 8.39. The minimum atomic E-state index is -0.439. The van der Waals surface area contributed by atoms with E-state index in [0.29, 0.717) is 22.1 Å². The van der Waals surface area contributed by atoms with Crippen LogP contribution in [0.5, 0.6) is 5.75 Å². The van der Waals surface area contributed by atoms with Gasteiger partial charge < -0.3 is 15.4 Å². The second kappa shape index (κ2) is 10.1. The highest BCUT2D eigenvalue weighted by Gasteiger charge is 2.13. The lowest BCUT2D eigenvalue weighted by Gasteiger charge is -2.16. The van der Waals surface area contributed by atoms with E-state index in [1.165, 1.54) is 18.5 Å². The van der Waals surface area contributed by atoms with Crippen molar-refractivity contribution in [2.24, 2.45) is 0 Å². The van der Waals surface area contributed by atoms with E-state index in [0.717, 1.165) is 28.0 Å². The molecule has 5 rings (SSSR count). The summed E-state index contributed by atoms with van der Waals surface area (Å²) in [7, 11) is 1.15. The van der Waals surface area contributed by atoms with Crippen molar-refractivity contribution in [3.63, 3.8) is 0 Å². The van der Waals surface area contributed by atoms with Gasteiger partial charge in [-0.1, -0.05) is 37.7 Å². The molecule has 3 aromatic carbocycles. The van der Waals surface area contributed by atoms with Gasteiger partial charge in [-0.3, -0.25) is 5.10 Å². The SMILES string of the molecule is COc1ccc(-c2n[nH]c3ccc(Nc4cc(Nc5ccccc5P(C)C)c(Cl)cn4)cc23)cc1F. The topological polar surface area (TPSA) is 74.9 Å². The zero-order chi connectivity index (χ0) is 25.2. The first-order valence-corrected chi connectivity index (χ1v) is 13.8. The highest BCUT2D eigenvalue weighted by Crippen LogP contribution is 2.34. The molecule has 0 aliphatic carbocycles. The number of rotatable bonds is 7. The first-order chi connectivity index (χ1) is 17.4. The molecule has 6 nitrogen and oxygen atoms in total. The van der Waals surface area contributed by atoms with Gasteiger partial charge in [0, 0.05) is 28.4 Å². The Morgan fingerprint density at radius 2 is 1.81 bits per heavy atom. The maximum atomic E-state index is 14.3. The van der Waals surface area contributed by atoms with E-state index < -0.39 is 5.82 Å². The number of aromatic nitrogens is 3. The molecule has 0 aliphatic rings. The molecule has 2 heterocycles. The normalized spacial score (nSPS) is 11.2. The van der Waals surface area contributed by atoms with E-state index in [1.807, 2.05) is 36.4 Å². The van der Waals surface area contributed by atoms with E-state index in [1.54, 1.807) is 18.3 Å². The van der Waals surface area contributed by atoms with Crippen LogP contribution in [0.25, 0.3) is 22.2 Å². The quantitative estimate of drug-likeness (QED) is 0.197. The van der Waals surface area contributed by atoms with Gasteiger partial charge in [0.1, 0.15) is 11.5 Å². The zero-order valence-electron chi connectivity index (χ0n) is 19.9. The average molecular weight is 520 g/mol. The summed E-state index contributed by atoms with van der Waals surface area (Å²) in [6, 6.07) is 20.7. The summed E-state index contributed by atoms with van der Waals surface area (Å²) >= 11 is 6.47. The van der Waals surface area contributed by atoms with Crippen molar-refractivity contribution >= 4 is 58.6 Å². The monoisotopic (exact) mass is 519 g/mol. The van der Waals surface area contributed by atoms with Gasteiger partial charge in [-0.25, -0.2) is 9.37 Å². The van der Waals surface area contributed by atoms with Crippen molar-refractivity contribution in [1.29, 1.82) is 0 Å². The summed E-state index contributed by atoms with van der Waals surface area (Å²) < 4.78 is 19.3. The van der Waals surface area contributed by atoms with Crippen molar-refractivity contribution in [2.75, 3.05) is 31.1 Å². The molecule has 2 aromatic heterocycles. The fourth-order valence-electron chi connectivity index (χ4n) is 3.99. The first-order valence-electron chi connectivity index (χ1n) is 11.2. The number of halogens is 2. The molecule has 9 heteroatoms. The van der Waals surface area contributed by atoms with Crippen LogP contribution in [0.3, 0.4) is 0 Å². The molecule has 3 N–H and O–H groups in total. The molecule has 0 atom stereocenters. The third kappa shape index (κ3) is 4.85. The minimum absolute atomic E-state index is 0.191. The Balaban J connectivity index is 1.44. The predicted molar refractivity (Wildman–Crippen MR) is 149 cm³/mol. The second-order valence-corrected chi connectivity index (χ2v) is 11.1. The highest BCUT2D eigenvalue weighted by atomic mass is 35.5. The summed E-state index contributed by atoms with van der Waals surface area (Å²) in [5.41, 5.74) is 4.74. The molecule has 0 aliphatic heterocycles. The molecular weight excluding hydrogens is 496 g/mol. The van der Waals surface area contributed by atoms with Crippen LogP contribution in [-0.4, -0.2) is 35.6 Å². The third-order valence-electron chi connectivity index (χ3n) is 5.77. The Labute approximate surface area is 214 Å². The van der Waals surface area contributed by atoms with Crippen molar-refractivity contribution < 1.29 is 9.13 Å². The number of methoxy groups -OCH3 is 1. The number of H-pyrrole nitrogens is 1. The van der Waals surface area contributed by atoms with Crippen LogP contribution >= 0.6 is 19.5 Å². The Bertz CT molecular complexity index is 1560. The van der Waals surface area contributed by atoms with Crippen LogP contribution < -0.4 is 20.7 Å². The molecule has 0 spiro atoms. The molecule has 36 heavy (non-hydrogen) atoms. The highest BCUT2D eigenvalue weighted by molar-refractivity contribution is 7.64. The maximum Gasteiger partial charge on any atom is 0.165 e. The number of ether oxygens (including phenoxy) is 1. The van der Waals surface area contributed by atoms with Crippen LogP contribution in [-0.2, 0) is 0 Å². The van der Waals surface area contributed by atoms with Crippen LogP contribution in [0.1, 0.15) is 0 Å². The lowest BCUT2D eigenvalue weighted by atomic mass is 10.1. The molecule has 0 amide bonds. The Morgan fingerprint density at radius 3 is 2.58 bits per heavy atom. The van der Waals surface area contributed by atoms with Crippen molar-refractivity contribution in [1.82, 2.24) is 15.2 Å². The fraction of sp³-hybridized carbons (Fsp3) is 0.111. The fourth-order valence-corrected chi connectivity index (χ4v) is 5.14. The van der Waals surface area contributed by atoms with Gasteiger partial charge in [0.05, 0.1) is 29.5 Å². The van der Waals surface area contributed by atoms with E-state index >= 15 is 0 Å². The third-order valence-corrected chi connectivity index (χ3v) is 7.43. The lowest BCUT2D eigenvalue weighted by molar-refractivity contribution is 0.386. The summed E-state index contributed by atoms with van der Waals surface area (Å²) in [5.74, 6) is 0.386. The maximum absolute atomic E-state index is 14.3. The number of aromatic amines is 1. The molecule has 5 aromatic rings. The molecule has 0 fully saturated rings. The molecule has 0 radical (unpaired) electrons. The number of para-hydroxylation sites is 1. The molecule has 0 bridgehead atoms. The van der Waals surface area contributed by atoms with Crippen molar-refractivity contribution in [3.8, 4) is 17.0 Å².